The van der Waals surface area contributed by atoms with E-state index in [1.54, 1.807) is 18.0 Å². The maximum Gasteiger partial charge on any atom is 0.178 e. The number of benzene rings is 1. The fraction of sp³-hybridized carbons (Fsp3) is 0.250. The number of nitrogens with one attached hydrogen (secondary N) is 1. The second-order valence-corrected chi connectivity index (χ2v) is 4.49. The standard InChI is InChI=1S/C12H13N5OS/c1-18-10-4-2-3-9-11(10)14-12(19)17(9)8-7-16-6-5-13-15-16/h2-6H,7-8H2,1H3,(H,14,19). The maximum atomic E-state index is 5.36. The van der Waals surface area contributed by atoms with Crippen molar-refractivity contribution in [1.82, 2.24) is 24.5 Å². The topological polar surface area (TPSA) is 60.7 Å². The molecule has 1 aromatic carbocycles. The Bertz CT molecular complexity index is 743. The van der Waals surface area contributed by atoms with Gasteiger partial charge in [0, 0.05) is 12.7 Å². The van der Waals surface area contributed by atoms with E-state index < -0.39 is 0 Å². The molecule has 0 bridgehead atoms. The van der Waals surface area contributed by atoms with Crippen LogP contribution >= 0.6 is 12.2 Å². The first-order valence-corrected chi connectivity index (χ1v) is 6.30. The number of methoxy groups -OCH3 is 1. The molecule has 98 valence electrons. The highest BCUT2D eigenvalue weighted by Gasteiger charge is 2.08. The highest BCUT2D eigenvalue weighted by molar-refractivity contribution is 7.71. The maximum absolute atomic E-state index is 5.36. The van der Waals surface area contributed by atoms with E-state index in [0.29, 0.717) is 4.77 Å². The van der Waals surface area contributed by atoms with Crippen LogP contribution < -0.4 is 4.74 Å². The summed E-state index contributed by atoms with van der Waals surface area (Å²) in [4.78, 5) is 3.18. The lowest BCUT2D eigenvalue weighted by Gasteiger charge is -2.05. The van der Waals surface area contributed by atoms with Gasteiger partial charge in [-0.15, -0.1) is 5.10 Å². The average molecular weight is 275 g/mol. The molecule has 0 saturated carbocycles. The third-order valence-electron chi connectivity index (χ3n) is 3.02. The number of rotatable bonds is 4. The Kier molecular flexibility index (Phi) is 3.04. The number of hydrogen-bond acceptors (Lipinski definition) is 4. The van der Waals surface area contributed by atoms with Gasteiger partial charge in [-0.2, -0.15) is 0 Å². The van der Waals surface area contributed by atoms with Crippen molar-refractivity contribution in [1.29, 1.82) is 0 Å². The van der Waals surface area contributed by atoms with E-state index in [4.69, 9.17) is 17.0 Å². The lowest BCUT2D eigenvalue weighted by Crippen LogP contribution is -2.08. The Morgan fingerprint density at radius 3 is 3.00 bits per heavy atom. The normalized spacial score (nSPS) is 11.0. The van der Waals surface area contributed by atoms with E-state index in [-0.39, 0.29) is 0 Å². The quantitative estimate of drug-likeness (QED) is 0.740. The summed E-state index contributed by atoms with van der Waals surface area (Å²) in [7, 11) is 1.65. The van der Waals surface area contributed by atoms with Crippen LogP contribution in [0.4, 0.5) is 0 Å². The summed E-state index contributed by atoms with van der Waals surface area (Å²) in [5, 5.41) is 7.73. The summed E-state index contributed by atoms with van der Waals surface area (Å²) in [6.07, 6.45) is 3.50. The number of aryl methyl sites for hydroxylation is 2. The summed E-state index contributed by atoms with van der Waals surface area (Å²) in [5.41, 5.74) is 1.96. The Labute approximate surface area is 114 Å². The Balaban J connectivity index is 1.99. The Hall–Kier alpha value is -2.15. The third kappa shape index (κ3) is 2.12. The zero-order valence-corrected chi connectivity index (χ0v) is 11.2. The summed E-state index contributed by atoms with van der Waals surface area (Å²) >= 11 is 5.36. The molecule has 19 heavy (non-hydrogen) atoms. The molecular formula is C12H13N5OS. The number of H-pyrrole nitrogens is 1. The summed E-state index contributed by atoms with van der Waals surface area (Å²) < 4.78 is 9.82. The highest BCUT2D eigenvalue weighted by Crippen LogP contribution is 2.24. The SMILES string of the molecule is COc1cccc2c1[nH]c(=S)n2CCn1ccnn1. The van der Waals surface area contributed by atoms with Crippen molar-refractivity contribution < 1.29 is 4.74 Å². The summed E-state index contributed by atoms with van der Waals surface area (Å²) in [5.74, 6) is 0.795. The monoisotopic (exact) mass is 275 g/mol. The van der Waals surface area contributed by atoms with Gasteiger partial charge in [-0.1, -0.05) is 11.3 Å². The number of para-hydroxylation sites is 1. The molecule has 1 N–H and O–H groups in total. The number of ether oxygens (including phenoxy) is 1. The number of fused-ring (bicyclic) bond motifs is 1. The second kappa shape index (κ2) is 4.85. The molecule has 0 radical (unpaired) electrons. The number of aromatic amines is 1. The van der Waals surface area contributed by atoms with Gasteiger partial charge in [0.05, 0.1) is 25.4 Å². The Morgan fingerprint density at radius 2 is 2.26 bits per heavy atom. The van der Waals surface area contributed by atoms with E-state index >= 15 is 0 Å². The van der Waals surface area contributed by atoms with Crippen LogP contribution in [-0.2, 0) is 13.1 Å². The van der Waals surface area contributed by atoms with Crippen LogP contribution in [0.15, 0.2) is 30.6 Å². The molecule has 0 aliphatic rings. The fourth-order valence-corrected chi connectivity index (χ4v) is 2.39. The van der Waals surface area contributed by atoms with Crippen LogP contribution in [0.2, 0.25) is 0 Å². The molecule has 0 atom stereocenters. The van der Waals surface area contributed by atoms with Crippen molar-refractivity contribution in [2.75, 3.05) is 7.11 Å². The zero-order valence-electron chi connectivity index (χ0n) is 10.4. The zero-order chi connectivity index (χ0) is 13.2. The van der Waals surface area contributed by atoms with Crippen LogP contribution in [-0.4, -0.2) is 31.7 Å². The first-order chi connectivity index (χ1) is 9.29. The highest BCUT2D eigenvalue weighted by atomic mass is 32.1. The molecule has 2 aromatic heterocycles. The van der Waals surface area contributed by atoms with Crippen molar-refractivity contribution >= 4 is 23.3 Å². The van der Waals surface area contributed by atoms with E-state index in [1.165, 1.54) is 0 Å². The minimum absolute atomic E-state index is 0.680. The van der Waals surface area contributed by atoms with Gasteiger partial charge in [0.2, 0.25) is 0 Å². The Morgan fingerprint density at radius 1 is 1.37 bits per heavy atom. The van der Waals surface area contributed by atoms with Gasteiger partial charge in [-0.3, -0.25) is 4.68 Å². The molecule has 2 heterocycles. The van der Waals surface area contributed by atoms with Gasteiger partial charge in [0.25, 0.3) is 0 Å². The minimum Gasteiger partial charge on any atom is -0.494 e. The van der Waals surface area contributed by atoms with E-state index in [0.717, 1.165) is 29.9 Å². The molecule has 0 unspecified atom stereocenters. The second-order valence-electron chi connectivity index (χ2n) is 4.10. The summed E-state index contributed by atoms with van der Waals surface area (Å²) in [6, 6.07) is 5.89. The molecule has 0 aliphatic carbocycles. The van der Waals surface area contributed by atoms with Crippen molar-refractivity contribution in [2.24, 2.45) is 0 Å². The van der Waals surface area contributed by atoms with Gasteiger partial charge in [0.1, 0.15) is 11.3 Å². The smallest absolute Gasteiger partial charge is 0.178 e. The van der Waals surface area contributed by atoms with Crippen molar-refractivity contribution in [3.63, 3.8) is 0 Å². The van der Waals surface area contributed by atoms with Gasteiger partial charge in [-0.05, 0) is 24.4 Å². The number of hydrogen-bond donors (Lipinski definition) is 1. The van der Waals surface area contributed by atoms with Crippen molar-refractivity contribution in [3.05, 3.63) is 35.4 Å². The van der Waals surface area contributed by atoms with Gasteiger partial charge >= 0.3 is 0 Å². The van der Waals surface area contributed by atoms with Gasteiger partial charge in [-0.25, -0.2) is 0 Å². The van der Waals surface area contributed by atoms with Crippen LogP contribution in [0.5, 0.6) is 5.75 Å². The molecule has 6 nitrogen and oxygen atoms in total. The van der Waals surface area contributed by atoms with Gasteiger partial charge < -0.3 is 14.3 Å². The summed E-state index contributed by atoms with van der Waals surface area (Å²) in [6.45, 7) is 1.45. The molecule has 3 rings (SSSR count). The van der Waals surface area contributed by atoms with E-state index in [9.17, 15) is 0 Å². The molecule has 3 aromatic rings. The van der Waals surface area contributed by atoms with Crippen LogP contribution in [0.25, 0.3) is 11.0 Å². The molecule has 7 heteroatoms. The first kappa shape index (κ1) is 11.9. The lowest BCUT2D eigenvalue weighted by molar-refractivity contribution is 0.419. The fourth-order valence-electron chi connectivity index (χ4n) is 2.10. The predicted molar refractivity (Wildman–Crippen MR) is 73.7 cm³/mol. The van der Waals surface area contributed by atoms with E-state index in [1.807, 2.05) is 29.0 Å². The molecule has 0 amide bonds. The number of nitrogens with zero attached hydrogens (tertiary/aromatic N) is 4. The number of imidazole rings is 1. The van der Waals surface area contributed by atoms with Crippen LogP contribution in [0.1, 0.15) is 0 Å². The lowest BCUT2D eigenvalue weighted by atomic mass is 10.3. The predicted octanol–water partition coefficient (Wildman–Crippen LogP) is 2.00. The largest absolute Gasteiger partial charge is 0.494 e. The molecule has 0 aliphatic heterocycles. The van der Waals surface area contributed by atoms with Gasteiger partial charge in [0.15, 0.2) is 4.77 Å². The van der Waals surface area contributed by atoms with Crippen LogP contribution in [0, 0.1) is 4.77 Å². The van der Waals surface area contributed by atoms with Crippen LogP contribution in [0.3, 0.4) is 0 Å². The molecule has 0 fully saturated rings. The molecular weight excluding hydrogens is 262 g/mol. The van der Waals surface area contributed by atoms with Crippen molar-refractivity contribution in [2.45, 2.75) is 13.1 Å². The average Bonchev–Trinajstić information content (AvgIpc) is 3.03. The molecule has 0 saturated heterocycles. The minimum atomic E-state index is 0.680. The van der Waals surface area contributed by atoms with Crippen molar-refractivity contribution in [3.8, 4) is 5.75 Å². The number of aromatic nitrogens is 5. The third-order valence-corrected chi connectivity index (χ3v) is 3.34. The van der Waals surface area contributed by atoms with E-state index in [2.05, 4.69) is 15.3 Å². The first-order valence-electron chi connectivity index (χ1n) is 5.89. The molecule has 0 spiro atoms.